The molecule has 2 N–H and O–H groups in total. The van der Waals surface area contributed by atoms with Crippen LogP contribution in [0.5, 0.6) is 0 Å². The predicted molar refractivity (Wildman–Crippen MR) is 105 cm³/mol. The largest absolute Gasteiger partial charge is 0.348 e. The van der Waals surface area contributed by atoms with Crippen LogP contribution >= 0.6 is 0 Å². The van der Waals surface area contributed by atoms with Gasteiger partial charge in [0.2, 0.25) is 5.91 Å². The van der Waals surface area contributed by atoms with E-state index in [0.717, 1.165) is 42.6 Å². The van der Waals surface area contributed by atoms with Crippen LogP contribution in [0.15, 0.2) is 24.3 Å². The highest BCUT2D eigenvalue weighted by atomic mass is 19.1. The molecule has 7 heteroatoms. The molecule has 0 unspecified atom stereocenters. The van der Waals surface area contributed by atoms with E-state index in [4.69, 9.17) is 0 Å². The summed E-state index contributed by atoms with van der Waals surface area (Å²) in [6.45, 7) is 5.28. The summed E-state index contributed by atoms with van der Waals surface area (Å²) in [5, 5.41) is 5.48. The lowest BCUT2D eigenvalue weighted by atomic mass is 9.94. The topological polar surface area (TPSA) is 78.5 Å². The number of hydrogen-bond acceptors (Lipinski definition) is 3. The summed E-state index contributed by atoms with van der Waals surface area (Å²) in [5.41, 5.74) is -0.213. The fourth-order valence-corrected chi connectivity index (χ4v) is 3.41. The number of urea groups is 1. The zero-order chi connectivity index (χ0) is 20.7. The molecule has 1 aromatic rings. The van der Waals surface area contributed by atoms with Gasteiger partial charge in [-0.05, 0) is 38.0 Å². The van der Waals surface area contributed by atoms with Gasteiger partial charge in [-0.1, -0.05) is 51.2 Å². The summed E-state index contributed by atoms with van der Waals surface area (Å²) >= 11 is 0. The third-order valence-corrected chi connectivity index (χ3v) is 5.17. The Labute approximate surface area is 165 Å². The summed E-state index contributed by atoms with van der Waals surface area (Å²) in [7, 11) is 0. The molecule has 2 rings (SSSR count). The average molecular weight is 391 g/mol. The number of nitrogens with zero attached hydrogens (tertiary/aromatic N) is 1. The van der Waals surface area contributed by atoms with Crippen molar-refractivity contribution in [3.05, 3.63) is 35.6 Å². The van der Waals surface area contributed by atoms with Gasteiger partial charge in [0.1, 0.15) is 17.9 Å². The smallest absolute Gasteiger partial charge is 0.325 e. The highest BCUT2D eigenvalue weighted by Gasteiger charge is 2.47. The number of carbonyl (C=O) groups excluding carboxylic acids is 3. The molecule has 1 heterocycles. The first-order valence-electron chi connectivity index (χ1n) is 9.96. The fraction of sp³-hybridized carbons (Fsp3) is 0.571. The quantitative estimate of drug-likeness (QED) is 0.472. The van der Waals surface area contributed by atoms with Crippen LogP contribution < -0.4 is 10.6 Å². The van der Waals surface area contributed by atoms with Gasteiger partial charge in [0, 0.05) is 0 Å². The Morgan fingerprint density at radius 3 is 2.46 bits per heavy atom. The summed E-state index contributed by atoms with van der Waals surface area (Å²) in [4.78, 5) is 38.2. The highest BCUT2D eigenvalue weighted by Crippen LogP contribution is 2.24. The van der Waals surface area contributed by atoms with Gasteiger partial charge in [0.25, 0.3) is 5.91 Å². The number of unbranched alkanes of at least 4 members (excludes halogenated alkanes) is 4. The molecular weight excluding hydrogens is 361 g/mol. The Morgan fingerprint density at radius 2 is 1.82 bits per heavy atom. The number of rotatable bonds is 10. The molecule has 0 spiro atoms. The second-order valence-corrected chi connectivity index (χ2v) is 7.66. The Morgan fingerprint density at radius 1 is 1.18 bits per heavy atom. The van der Waals surface area contributed by atoms with Crippen LogP contribution in [0, 0.1) is 5.82 Å². The SMILES string of the molecule is CCCCCCC[C@@]1(C)NC(=O)N(CC(=O)N[C@@H](C)c2ccc(F)cc2)C1=O. The Bertz CT molecular complexity index is 707. The molecule has 1 aromatic carbocycles. The van der Waals surface area contributed by atoms with Gasteiger partial charge in [-0.15, -0.1) is 0 Å². The molecule has 1 fully saturated rings. The van der Waals surface area contributed by atoms with Crippen LogP contribution in [0.2, 0.25) is 0 Å². The van der Waals surface area contributed by atoms with Crippen LogP contribution in [0.3, 0.4) is 0 Å². The van der Waals surface area contributed by atoms with E-state index in [0.29, 0.717) is 6.42 Å². The lowest BCUT2D eigenvalue weighted by Gasteiger charge is -2.22. The normalized spacial score (nSPS) is 20.2. The van der Waals surface area contributed by atoms with Crippen molar-refractivity contribution in [3.63, 3.8) is 0 Å². The number of benzene rings is 1. The number of hydrogen-bond donors (Lipinski definition) is 2. The Hall–Kier alpha value is -2.44. The van der Waals surface area contributed by atoms with Crippen molar-refractivity contribution in [2.24, 2.45) is 0 Å². The third-order valence-electron chi connectivity index (χ3n) is 5.17. The predicted octanol–water partition coefficient (Wildman–Crippen LogP) is 3.67. The molecule has 4 amide bonds. The molecule has 6 nitrogen and oxygen atoms in total. The maximum Gasteiger partial charge on any atom is 0.325 e. The second-order valence-electron chi connectivity index (χ2n) is 7.66. The number of halogens is 1. The highest BCUT2D eigenvalue weighted by molar-refractivity contribution is 6.08. The fourth-order valence-electron chi connectivity index (χ4n) is 3.41. The van der Waals surface area contributed by atoms with Crippen molar-refractivity contribution in [3.8, 4) is 0 Å². The zero-order valence-electron chi connectivity index (χ0n) is 16.9. The van der Waals surface area contributed by atoms with Crippen LogP contribution in [0.1, 0.15) is 70.9 Å². The molecule has 0 aliphatic carbocycles. The van der Waals surface area contributed by atoms with Crippen molar-refractivity contribution in [2.45, 2.75) is 70.9 Å². The van der Waals surface area contributed by atoms with E-state index in [9.17, 15) is 18.8 Å². The van der Waals surface area contributed by atoms with Crippen LogP contribution in [-0.4, -0.2) is 34.8 Å². The second kappa shape index (κ2) is 9.66. The van der Waals surface area contributed by atoms with Crippen LogP contribution in [0.25, 0.3) is 0 Å². The minimum atomic E-state index is -0.952. The molecule has 0 bridgehead atoms. The number of amides is 4. The van der Waals surface area contributed by atoms with E-state index in [1.54, 1.807) is 26.0 Å². The van der Waals surface area contributed by atoms with Gasteiger partial charge in [-0.3, -0.25) is 14.5 Å². The molecule has 0 radical (unpaired) electrons. The van der Waals surface area contributed by atoms with Crippen molar-refractivity contribution in [1.29, 1.82) is 0 Å². The standard InChI is InChI=1S/C21H30FN3O3/c1-4-5-6-7-8-13-21(3)19(27)25(20(28)24-21)14-18(26)23-15(2)16-9-11-17(22)12-10-16/h9-12,15H,4-8,13-14H2,1-3H3,(H,23,26)(H,24,28)/t15-,21+/m0/s1. The van der Waals surface area contributed by atoms with Gasteiger partial charge in [-0.25, -0.2) is 9.18 Å². The first kappa shape index (κ1) is 21.9. The first-order valence-corrected chi connectivity index (χ1v) is 9.96. The minimum Gasteiger partial charge on any atom is -0.348 e. The van der Waals surface area contributed by atoms with Gasteiger partial charge >= 0.3 is 6.03 Å². The van der Waals surface area contributed by atoms with E-state index in [1.807, 2.05) is 0 Å². The van der Waals surface area contributed by atoms with Gasteiger partial charge in [-0.2, -0.15) is 0 Å². The molecule has 2 atom stereocenters. The number of nitrogens with one attached hydrogen (secondary N) is 2. The summed E-state index contributed by atoms with van der Waals surface area (Å²) in [6, 6.07) is 4.92. The summed E-state index contributed by atoms with van der Waals surface area (Å²) in [5.74, 6) is -1.15. The number of imide groups is 1. The molecule has 0 saturated carbocycles. The van der Waals surface area contributed by atoms with E-state index >= 15 is 0 Å². The van der Waals surface area contributed by atoms with Crippen molar-refractivity contribution >= 4 is 17.8 Å². The summed E-state index contributed by atoms with van der Waals surface area (Å²) < 4.78 is 13.0. The Kier molecular flexibility index (Phi) is 7.54. The molecule has 1 saturated heterocycles. The maximum atomic E-state index is 13.0. The van der Waals surface area contributed by atoms with Crippen molar-refractivity contribution in [1.82, 2.24) is 15.5 Å². The molecule has 1 aliphatic rings. The van der Waals surface area contributed by atoms with E-state index < -0.39 is 17.5 Å². The summed E-state index contributed by atoms with van der Waals surface area (Å²) in [6.07, 6.45) is 5.85. The minimum absolute atomic E-state index is 0.332. The third kappa shape index (κ3) is 5.53. The van der Waals surface area contributed by atoms with Crippen LogP contribution in [-0.2, 0) is 9.59 Å². The maximum absolute atomic E-state index is 13.0. The average Bonchev–Trinajstić information content (AvgIpc) is 2.85. The number of carbonyl (C=O) groups is 3. The first-order chi connectivity index (χ1) is 13.3. The van der Waals surface area contributed by atoms with Gasteiger partial charge in [0.05, 0.1) is 6.04 Å². The van der Waals surface area contributed by atoms with Crippen molar-refractivity contribution < 1.29 is 18.8 Å². The lowest BCUT2D eigenvalue weighted by Crippen LogP contribution is -2.45. The van der Waals surface area contributed by atoms with E-state index in [2.05, 4.69) is 17.6 Å². The Balaban J connectivity index is 1.88. The van der Waals surface area contributed by atoms with E-state index in [1.165, 1.54) is 12.1 Å². The zero-order valence-corrected chi connectivity index (χ0v) is 16.9. The molecule has 154 valence electrons. The van der Waals surface area contributed by atoms with Gasteiger partial charge in [0.15, 0.2) is 0 Å². The van der Waals surface area contributed by atoms with Crippen LogP contribution in [0.4, 0.5) is 9.18 Å². The monoisotopic (exact) mass is 391 g/mol. The molecular formula is C21H30FN3O3. The van der Waals surface area contributed by atoms with E-state index in [-0.39, 0.29) is 24.3 Å². The molecule has 0 aromatic heterocycles. The van der Waals surface area contributed by atoms with Crippen molar-refractivity contribution in [2.75, 3.05) is 6.54 Å². The van der Waals surface area contributed by atoms with Gasteiger partial charge < -0.3 is 10.6 Å². The molecule has 28 heavy (non-hydrogen) atoms. The molecule has 1 aliphatic heterocycles. The lowest BCUT2D eigenvalue weighted by molar-refractivity contribution is -0.135.